The van der Waals surface area contributed by atoms with Gasteiger partial charge in [0.05, 0.1) is 31.5 Å². The van der Waals surface area contributed by atoms with Crippen LogP contribution in [0.15, 0.2) is 11.9 Å². The lowest BCUT2D eigenvalue weighted by molar-refractivity contribution is -0.132. The van der Waals surface area contributed by atoms with Crippen molar-refractivity contribution >= 4 is 5.91 Å². The summed E-state index contributed by atoms with van der Waals surface area (Å²) < 4.78 is 20.0. The number of fused-ring (bicyclic) bond motifs is 5. The van der Waals surface area contributed by atoms with Gasteiger partial charge in [-0.3, -0.25) is 14.6 Å². The van der Waals surface area contributed by atoms with Crippen LogP contribution < -0.4 is 22.1 Å². The second kappa shape index (κ2) is 10.4. The molecule has 0 radical (unpaired) electrons. The molecule has 3 saturated heterocycles. The highest BCUT2D eigenvalue weighted by atomic mass is 19.1. The van der Waals surface area contributed by atoms with Gasteiger partial charge in [-0.15, -0.1) is 0 Å². The third-order valence-electron chi connectivity index (χ3n) is 8.32. The minimum atomic E-state index is -0.797. The minimum absolute atomic E-state index is 0.0906. The molecule has 5 rings (SSSR count). The second-order valence-electron chi connectivity index (χ2n) is 10.1. The van der Waals surface area contributed by atoms with E-state index in [1.165, 1.54) is 0 Å². The number of carbonyl (C=O) groups is 1. The Morgan fingerprint density at radius 1 is 1.38 bits per heavy atom. The summed E-state index contributed by atoms with van der Waals surface area (Å²) in [4.78, 5) is 18.0. The number of rotatable bonds is 6. The monoisotopic (exact) mass is 452 g/mol. The van der Waals surface area contributed by atoms with Crippen molar-refractivity contribution < 1.29 is 13.9 Å². The maximum absolute atomic E-state index is 14.5. The van der Waals surface area contributed by atoms with Crippen molar-refractivity contribution in [2.75, 3.05) is 39.5 Å². The van der Waals surface area contributed by atoms with E-state index in [-0.39, 0.29) is 35.9 Å². The zero-order chi connectivity index (χ0) is 22.7. The van der Waals surface area contributed by atoms with Crippen LogP contribution in [0, 0.1) is 11.3 Å². The molecule has 5 unspecified atom stereocenters. The van der Waals surface area contributed by atoms with Gasteiger partial charge in [0.15, 0.2) is 0 Å². The number of hydrogen-bond acceptors (Lipinski definition) is 7. The molecule has 0 spiro atoms. The van der Waals surface area contributed by atoms with E-state index in [0.29, 0.717) is 12.6 Å². The van der Waals surface area contributed by atoms with Gasteiger partial charge in [-0.1, -0.05) is 19.4 Å². The molecule has 1 amide bonds. The van der Waals surface area contributed by atoms with Crippen molar-refractivity contribution in [1.82, 2.24) is 20.4 Å². The van der Waals surface area contributed by atoms with Crippen LogP contribution in [0.3, 0.4) is 0 Å². The molecule has 0 aromatic heterocycles. The molecule has 5 aliphatic heterocycles. The summed E-state index contributed by atoms with van der Waals surface area (Å²) in [6.07, 6.45) is 7.34. The van der Waals surface area contributed by atoms with Crippen molar-refractivity contribution in [3.8, 4) is 0 Å². The summed E-state index contributed by atoms with van der Waals surface area (Å²) in [5, 5.41) is 6.63. The molecule has 182 valence electrons. The first-order chi connectivity index (χ1) is 15.4. The van der Waals surface area contributed by atoms with Crippen LogP contribution in [-0.2, 0) is 9.53 Å². The molecule has 0 aromatic carbocycles. The van der Waals surface area contributed by atoms with Crippen molar-refractivity contribution in [3.05, 3.63) is 11.9 Å². The van der Waals surface area contributed by atoms with Crippen LogP contribution >= 0.6 is 0 Å². The molecule has 32 heavy (non-hydrogen) atoms. The molecule has 5 atom stereocenters. The Bertz CT molecular complexity index is 685. The van der Waals surface area contributed by atoms with E-state index in [1.54, 1.807) is 6.08 Å². The molecule has 0 aliphatic carbocycles. The minimum Gasteiger partial charge on any atom is -0.381 e. The Kier molecular flexibility index (Phi) is 7.85. The first-order valence-corrected chi connectivity index (χ1v) is 12.4. The van der Waals surface area contributed by atoms with E-state index in [9.17, 15) is 9.18 Å². The smallest absolute Gasteiger partial charge is 0.228 e. The van der Waals surface area contributed by atoms with Crippen LogP contribution in [0.4, 0.5) is 4.39 Å². The van der Waals surface area contributed by atoms with E-state index in [0.717, 1.165) is 71.4 Å². The largest absolute Gasteiger partial charge is 0.381 e. The molecule has 2 bridgehead atoms. The molecule has 3 fully saturated rings. The normalized spacial score (nSPS) is 35.8. The number of halogens is 1. The lowest BCUT2D eigenvalue weighted by atomic mass is 9.68. The highest BCUT2D eigenvalue weighted by Gasteiger charge is 2.46. The van der Waals surface area contributed by atoms with Gasteiger partial charge in [0, 0.05) is 31.8 Å². The van der Waals surface area contributed by atoms with E-state index in [1.807, 2.05) is 0 Å². The lowest BCUT2D eigenvalue weighted by Crippen LogP contribution is -2.62. The number of ether oxygens (including phenoxy) is 1. The summed E-state index contributed by atoms with van der Waals surface area (Å²) in [6.45, 7) is 6.17. The van der Waals surface area contributed by atoms with Crippen molar-refractivity contribution in [2.45, 2.75) is 76.3 Å². The van der Waals surface area contributed by atoms with E-state index in [4.69, 9.17) is 16.2 Å². The van der Waals surface area contributed by atoms with E-state index in [2.05, 4.69) is 27.4 Å². The first kappa shape index (κ1) is 24.0. The molecule has 9 heteroatoms. The average molecular weight is 453 g/mol. The predicted molar refractivity (Wildman–Crippen MR) is 122 cm³/mol. The molecule has 0 saturated carbocycles. The molecule has 5 heterocycles. The molecule has 5 aliphatic rings. The number of piperidine rings is 1. The quantitative estimate of drug-likeness (QED) is 0.442. The first-order valence-electron chi connectivity index (χ1n) is 12.4. The Hall–Kier alpha value is -1.10. The van der Waals surface area contributed by atoms with Gasteiger partial charge >= 0.3 is 0 Å². The fourth-order valence-electron chi connectivity index (χ4n) is 6.25. The predicted octanol–water partition coefficient (Wildman–Crippen LogP) is 0.838. The second-order valence-corrected chi connectivity index (χ2v) is 10.1. The number of nitrogens with two attached hydrogens (primary N) is 2. The summed E-state index contributed by atoms with van der Waals surface area (Å²) in [5.41, 5.74) is 12.6. The zero-order valence-corrected chi connectivity index (χ0v) is 19.4. The average Bonchev–Trinajstić information content (AvgIpc) is 3.27. The molecule has 0 aromatic rings. The van der Waals surface area contributed by atoms with Gasteiger partial charge < -0.3 is 26.8 Å². The molecule has 8 nitrogen and oxygen atoms in total. The van der Waals surface area contributed by atoms with Crippen LogP contribution in [0.2, 0.25) is 0 Å². The summed E-state index contributed by atoms with van der Waals surface area (Å²) in [7, 11) is 0. The number of nitrogens with zero attached hydrogens (tertiary/aromatic N) is 2. The van der Waals surface area contributed by atoms with Gasteiger partial charge in [-0.05, 0) is 50.5 Å². The highest BCUT2D eigenvalue weighted by Crippen LogP contribution is 2.45. The Morgan fingerprint density at radius 3 is 2.88 bits per heavy atom. The van der Waals surface area contributed by atoms with Crippen molar-refractivity contribution in [3.63, 3.8) is 0 Å². The van der Waals surface area contributed by atoms with Crippen LogP contribution in [0.5, 0.6) is 0 Å². The summed E-state index contributed by atoms with van der Waals surface area (Å²) in [6, 6.07) is 0.230. The van der Waals surface area contributed by atoms with Gasteiger partial charge in [-0.2, -0.15) is 0 Å². The molecular formula is C23H41FN6O2. The maximum Gasteiger partial charge on any atom is 0.228 e. The van der Waals surface area contributed by atoms with Gasteiger partial charge in [0.1, 0.15) is 5.83 Å². The Labute approximate surface area is 191 Å². The summed E-state index contributed by atoms with van der Waals surface area (Å²) >= 11 is 0. The highest BCUT2D eigenvalue weighted by molar-refractivity contribution is 5.80. The number of carbonyl (C=O) groups excluding carboxylic acids is 1. The van der Waals surface area contributed by atoms with Gasteiger partial charge in [0.25, 0.3) is 0 Å². The third kappa shape index (κ3) is 5.18. The standard InChI is InChI=1S/C23H41FN6O2/c1-2-23-7-3-4-16(24)14-29(9-8-23)18(12-23)20(21(25)26)22(31)28-19-13-27-15-30(19)17-5-10-32-11-6-17/h4,17-21,27H,2-3,5-15,25-26H2,1H3,(H,28,31). The van der Waals surface area contributed by atoms with Crippen molar-refractivity contribution in [1.29, 1.82) is 0 Å². The number of hydrogen-bond donors (Lipinski definition) is 4. The third-order valence-corrected chi connectivity index (χ3v) is 8.32. The van der Waals surface area contributed by atoms with Crippen LogP contribution in [0.1, 0.15) is 51.9 Å². The van der Waals surface area contributed by atoms with Crippen molar-refractivity contribution in [2.24, 2.45) is 22.8 Å². The Morgan fingerprint density at radius 2 is 2.16 bits per heavy atom. The fourth-order valence-corrected chi connectivity index (χ4v) is 6.25. The van der Waals surface area contributed by atoms with Gasteiger partial charge in [0.2, 0.25) is 5.91 Å². The summed E-state index contributed by atoms with van der Waals surface area (Å²) in [5.74, 6) is -0.806. The number of nitrogens with one attached hydrogen (secondary N) is 2. The van der Waals surface area contributed by atoms with Crippen LogP contribution in [-0.4, -0.2) is 79.6 Å². The fraction of sp³-hybridized carbons (Fsp3) is 0.870. The number of amides is 1. The lowest BCUT2D eigenvalue weighted by Gasteiger charge is -2.49. The zero-order valence-electron chi connectivity index (χ0n) is 19.4. The van der Waals surface area contributed by atoms with Gasteiger partial charge in [-0.25, -0.2) is 4.39 Å². The molecule has 6 N–H and O–H groups in total. The SMILES string of the molecule is CCC12CCC=C(F)CN(CC1)C(C(C(=O)NC1CNCN1C1CCOCC1)C(N)N)C2. The molecular weight excluding hydrogens is 411 g/mol. The Balaban J connectivity index is 1.51. The maximum atomic E-state index is 14.5. The topological polar surface area (TPSA) is 109 Å². The van der Waals surface area contributed by atoms with E-state index >= 15 is 0 Å². The number of allylic oxidation sites excluding steroid dienone is 1. The van der Waals surface area contributed by atoms with Crippen LogP contribution in [0.25, 0.3) is 0 Å². The van der Waals surface area contributed by atoms with E-state index < -0.39 is 12.1 Å².